The minimum atomic E-state index is 0.253. The lowest BCUT2D eigenvalue weighted by Gasteiger charge is -2.19. The number of unbranched alkanes of at least 4 members (excludes halogenated alkanes) is 1. The molecule has 0 amide bonds. The summed E-state index contributed by atoms with van der Waals surface area (Å²) in [6.45, 7) is 6.23. The molecule has 0 spiro atoms. The average molecular weight is 202 g/mol. The van der Waals surface area contributed by atoms with E-state index in [0.717, 1.165) is 26.1 Å². The van der Waals surface area contributed by atoms with Gasteiger partial charge in [-0.3, -0.25) is 0 Å². The Morgan fingerprint density at radius 2 is 2.29 bits per heavy atom. The SMILES string of the molecule is CCCCC(CC1COCO1)OCC. The van der Waals surface area contributed by atoms with Crippen LogP contribution in [0.15, 0.2) is 0 Å². The van der Waals surface area contributed by atoms with E-state index in [1.165, 1.54) is 12.8 Å². The molecule has 1 aliphatic rings. The van der Waals surface area contributed by atoms with Crippen molar-refractivity contribution in [3.05, 3.63) is 0 Å². The standard InChI is InChI=1S/C11H22O3/c1-3-5-6-10(13-4-2)7-11-8-12-9-14-11/h10-11H,3-9H2,1-2H3. The molecule has 0 saturated carbocycles. The van der Waals surface area contributed by atoms with Gasteiger partial charge in [-0.15, -0.1) is 0 Å². The third-order valence-electron chi connectivity index (χ3n) is 2.50. The molecule has 3 heteroatoms. The molecular weight excluding hydrogens is 180 g/mol. The van der Waals surface area contributed by atoms with Gasteiger partial charge in [-0.05, 0) is 13.3 Å². The third kappa shape index (κ3) is 4.40. The van der Waals surface area contributed by atoms with Gasteiger partial charge in [-0.2, -0.15) is 0 Å². The van der Waals surface area contributed by atoms with Crippen LogP contribution in [0.5, 0.6) is 0 Å². The highest BCUT2D eigenvalue weighted by Crippen LogP contribution is 2.16. The quantitative estimate of drug-likeness (QED) is 0.634. The summed E-state index contributed by atoms with van der Waals surface area (Å²) in [6.07, 6.45) is 5.19. The van der Waals surface area contributed by atoms with Crippen LogP contribution in [-0.4, -0.2) is 32.2 Å². The van der Waals surface area contributed by atoms with Crippen molar-refractivity contribution in [2.75, 3.05) is 20.0 Å². The first-order valence-corrected chi connectivity index (χ1v) is 5.67. The molecule has 1 heterocycles. The molecule has 0 aliphatic carbocycles. The zero-order valence-corrected chi connectivity index (χ0v) is 9.33. The predicted molar refractivity (Wildman–Crippen MR) is 55.2 cm³/mol. The first kappa shape index (κ1) is 12.0. The summed E-state index contributed by atoms with van der Waals surface area (Å²) in [4.78, 5) is 0. The van der Waals surface area contributed by atoms with E-state index < -0.39 is 0 Å². The Balaban J connectivity index is 2.18. The van der Waals surface area contributed by atoms with Crippen molar-refractivity contribution in [3.63, 3.8) is 0 Å². The highest BCUT2D eigenvalue weighted by Gasteiger charge is 2.21. The van der Waals surface area contributed by atoms with E-state index in [1.807, 2.05) is 6.92 Å². The van der Waals surface area contributed by atoms with Crippen LogP contribution in [0.2, 0.25) is 0 Å². The molecule has 0 aromatic carbocycles. The van der Waals surface area contributed by atoms with Gasteiger partial charge in [0.15, 0.2) is 0 Å². The van der Waals surface area contributed by atoms with E-state index >= 15 is 0 Å². The van der Waals surface area contributed by atoms with Gasteiger partial charge in [0.05, 0.1) is 18.8 Å². The summed E-state index contributed by atoms with van der Waals surface area (Å²) < 4.78 is 16.2. The van der Waals surface area contributed by atoms with Crippen LogP contribution in [0, 0.1) is 0 Å². The van der Waals surface area contributed by atoms with Gasteiger partial charge in [0, 0.05) is 13.0 Å². The summed E-state index contributed by atoms with van der Waals surface area (Å²) in [5.41, 5.74) is 0. The molecule has 0 aromatic rings. The second-order valence-electron chi connectivity index (χ2n) is 3.73. The Bertz CT molecular complexity index is 132. The van der Waals surface area contributed by atoms with Gasteiger partial charge >= 0.3 is 0 Å². The summed E-state index contributed by atoms with van der Waals surface area (Å²) in [6, 6.07) is 0. The maximum absolute atomic E-state index is 5.67. The van der Waals surface area contributed by atoms with Gasteiger partial charge in [0.2, 0.25) is 0 Å². The molecule has 3 nitrogen and oxygen atoms in total. The molecule has 0 radical (unpaired) electrons. The molecule has 1 aliphatic heterocycles. The summed E-state index contributed by atoms with van der Waals surface area (Å²) >= 11 is 0. The van der Waals surface area contributed by atoms with Gasteiger partial charge in [-0.1, -0.05) is 19.8 Å². The normalized spacial score (nSPS) is 24.0. The fourth-order valence-electron chi connectivity index (χ4n) is 1.74. The van der Waals surface area contributed by atoms with Crippen molar-refractivity contribution in [1.29, 1.82) is 0 Å². The average Bonchev–Trinajstić information content (AvgIpc) is 2.67. The van der Waals surface area contributed by atoms with E-state index in [9.17, 15) is 0 Å². The number of rotatable bonds is 7. The van der Waals surface area contributed by atoms with Crippen LogP contribution < -0.4 is 0 Å². The molecule has 84 valence electrons. The Morgan fingerprint density at radius 3 is 2.86 bits per heavy atom. The van der Waals surface area contributed by atoms with Crippen molar-refractivity contribution in [3.8, 4) is 0 Å². The largest absolute Gasteiger partial charge is 0.378 e. The minimum Gasteiger partial charge on any atom is -0.378 e. The van der Waals surface area contributed by atoms with Crippen LogP contribution >= 0.6 is 0 Å². The van der Waals surface area contributed by atoms with Crippen LogP contribution in [0.3, 0.4) is 0 Å². The van der Waals surface area contributed by atoms with E-state index in [1.54, 1.807) is 0 Å². The van der Waals surface area contributed by atoms with Crippen LogP contribution in [-0.2, 0) is 14.2 Å². The summed E-state index contributed by atoms with van der Waals surface area (Å²) in [5.74, 6) is 0. The van der Waals surface area contributed by atoms with Crippen LogP contribution in [0.1, 0.15) is 39.5 Å². The van der Waals surface area contributed by atoms with Gasteiger partial charge in [0.25, 0.3) is 0 Å². The van der Waals surface area contributed by atoms with E-state index in [2.05, 4.69) is 6.92 Å². The van der Waals surface area contributed by atoms with Crippen molar-refractivity contribution in [2.24, 2.45) is 0 Å². The monoisotopic (exact) mass is 202 g/mol. The van der Waals surface area contributed by atoms with E-state index in [0.29, 0.717) is 12.9 Å². The highest BCUT2D eigenvalue weighted by molar-refractivity contribution is 4.68. The number of hydrogen-bond acceptors (Lipinski definition) is 3. The molecule has 0 N–H and O–H groups in total. The number of hydrogen-bond donors (Lipinski definition) is 0. The van der Waals surface area contributed by atoms with Crippen molar-refractivity contribution in [2.45, 2.75) is 51.7 Å². The maximum Gasteiger partial charge on any atom is 0.147 e. The lowest BCUT2D eigenvalue weighted by atomic mass is 10.1. The Hall–Kier alpha value is -0.120. The minimum absolute atomic E-state index is 0.253. The molecule has 0 bridgehead atoms. The zero-order chi connectivity index (χ0) is 10.2. The van der Waals surface area contributed by atoms with Crippen molar-refractivity contribution in [1.82, 2.24) is 0 Å². The zero-order valence-electron chi connectivity index (χ0n) is 9.33. The first-order valence-electron chi connectivity index (χ1n) is 5.67. The molecule has 0 aromatic heterocycles. The van der Waals surface area contributed by atoms with Crippen LogP contribution in [0.4, 0.5) is 0 Å². The van der Waals surface area contributed by atoms with E-state index in [4.69, 9.17) is 14.2 Å². The molecule has 2 unspecified atom stereocenters. The maximum atomic E-state index is 5.67. The Labute approximate surface area is 86.7 Å². The lowest BCUT2D eigenvalue weighted by molar-refractivity contribution is -0.00118. The van der Waals surface area contributed by atoms with Crippen molar-refractivity contribution >= 4 is 0 Å². The molecular formula is C11H22O3. The van der Waals surface area contributed by atoms with E-state index in [-0.39, 0.29) is 6.10 Å². The molecule has 1 rings (SSSR count). The Morgan fingerprint density at radius 1 is 1.43 bits per heavy atom. The van der Waals surface area contributed by atoms with Gasteiger partial charge in [-0.25, -0.2) is 0 Å². The second kappa shape index (κ2) is 7.21. The second-order valence-corrected chi connectivity index (χ2v) is 3.73. The van der Waals surface area contributed by atoms with Crippen molar-refractivity contribution < 1.29 is 14.2 Å². The lowest BCUT2D eigenvalue weighted by Crippen LogP contribution is -2.22. The predicted octanol–water partition coefficient (Wildman–Crippen LogP) is 2.34. The van der Waals surface area contributed by atoms with Gasteiger partial charge in [0.1, 0.15) is 6.79 Å². The molecule has 1 fully saturated rings. The first-order chi connectivity index (χ1) is 6.86. The third-order valence-corrected chi connectivity index (χ3v) is 2.50. The fraction of sp³-hybridized carbons (Fsp3) is 1.00. The molecule has 2 atom stereocenters. The summed E-state index contributed by atoms with van der Waals surface area (Å²) in [7, 11) is 0. The summed E-state index contributed by atoms with van der Waals surface area (Å²) in [5, 5.41) is 0. The van der Waals surface area contributed by atoms with Gasteiger partial charge < -0.3 is 14.2 Å². The number of ether oxygens (including phenoxy) is 3. The fourth-order valence-corrected chi connectivity index (χ4v) is 1.74. The Kier molecular flexibility index (Phi) is 6.15. The smallest absolute Gasteiger partial charge is 0.147 e. The highest BCUT2D eigenvalue weighted by atomic mass is 16.7. The molecule has 14 heavy (non-hydrogen) atoms. The molecule has 1 saturated heterocycles. The topological polar surface area (TPSA) is 27.7 Å². The van der Waals surface area contributed by atoms with Crippen LogP contribution in [0.25, 0.3) is 0 Å².